The Morgan fingerprint density at radius 2 is 1.86 bits per heavy atom. The lowest BCUT2D eigenvalue weighted by atomic mass is 9.90. The quantitative estimate of drug-likeness (QED) is 0.609. The summed E-state index contributed by atoms with van der Waals surface area (Å²) in [7, 11) is 0. The highest BCUT2D eigenvalue weighted by molar-refractivity contribution is 5.81. The summed E-state index contributed by atoms with van der Waals surface area (Å²) in [6, 6.07) is 17.1. The van der Waals surface area contributed by atoms with Gasteiger partial charge in [-0.2, -0.15) is 0 Å². The molecule has 2 aromatic heterocycles. The highest BCUT2D eigenvalue weighted by Gasteiger charge is 2.18. The second kappa shape index (κ2) is 9.16. The van der Waals surface area contributed by atoms with Crippen LogP contribution in [0.15, 0.2) is 54.7 Å². The number of pyridine rings is 2. The summed E-state index contributed by atoms with van der Waals surface area (Å²) in [5.41, 5.74) is 3.53. The van der Waals surface area contributed by atoms with E-state index in [1.165, 1.54) is 44.5 Å². The summed E-state index contributed by atoms with van der Waals surface area (Å²) in [5, 5.41) is 4.61. The SMILES string of the molecule is Cc1nccc2nc(NCCCN3CCC(Cc4ccccc4)CC3)ccc12. The molecule has 0 saturated carbocycles. The Kier molecular flexibility index (Phi) is 6.17. The Hall–Kier alpha value is -2.46. The predicted molar refractivity (Wildman–Crippen MR) is 117 cm³/mol. The minimum absolute atomic E-state index is 0.844. The first-order valence-electron chi connectivity index (χ1n) is 10.5. The zero-order valence-corrected chi connectivity index (χ0v) is 16.8. The molecule has 1 saturated heterocycles. The van der Waals surface area contributed by atoms with Crippen LogP contribution in [0.25, 0.3) is 10.9 Å². The molecule has 1 fully saturated rings. The van der Waals surface area contributed by atoms with Gasteiger partial charge < -0.3 is 10.2 Å². The first-order chi connectivity index (χ1) is 13.8. The molecule has 0 radical (unpaired) electrons. The van der Waals surface area contributed by atoms with E-state index in [4.69, 9.17) is 4.98 Å². The van der Waals surface area contributed by atoms with Gasteiger partial charge in [0.2, 0.25) is 0 Å². The average Bonchev–Trinajstić information content (AvgIpc) is 2.73. The molecular formula is C24H30N4. The van der Waals surface area contributed by atoms with E-state index in [0.29, 0.717) is 0 Å². The molecule has 28 heavy (non-hydrogen) atoms. The van der Waals surface area contributed by atoms with Gasteiger partial charge in [-0.25, -0.2) is 4.98 Å². The van der Waals surface area contributed by atoms with Crippen molar-refractivity contribution in [3.63, 3.8) is 0 Å². The average molecular weight is 375 g/mol. The predicted octanol–water partition coefficient (Wildman–Crippen LogP) is 4.69. The number of likely N-dealkylation sites (tertiary alicyclic amines) is 1. The fraction of sp³-hybridized carbons (Fsp3) is 0.417. The minimum Gasteiger partial charge on any atom is -0.370 e. The molecule has 1 aromatic carbocycles. The number of piperidine rings is 1. The van der Waals surface area contributed by atoms with Crippen molar-refractivity contribution < 1.29 is 0 Å². The molecule has 0 aliphatic carbocycles. The summed E-state index contributed by atoms with van der Waals surface area (Å²) in [6.45, 7) is 6.63. The molecule has 0 bridgehead atoms. The molecule has 3 heterocycles. The van der Waals surface area contributed by atoms with Crippen LogP contribution in [0.5, 0.6) is 0 Å². The van der Waals surface area contributed by atoms with Crippen molar-refractivity contribution in [1.82, 2.24) is 14.9 Å². The Morgan fingerprint density at radius 1 is 1.04 bits per heavy atom. The first-order valence-corrected chi connectivity index (χ1v) is 10.5. The van der Waals surface area contributed by atoms with E-state index in [1.54, 1.807) is 0 Å². The van der Waals surface area contributed by atoms with E-state index in [2.05, 4.69) is 57.7 Å². The molecule has 4 nitrogen and oxygen atoms in total. The number of benzene rings is 1. The number of aryl methyl sites for hydroxylation is 1. The zero-order valence-electron chi connectivity index (χ0n) is 16.8. The molecule has 0 unspecified atom stereocenters. The van der Waals surface area contributed by atoms with Crippen LogP contribution in [0, 0.1) is 12.8 Å². The van der Waals surface area contributed by atoms with Gasteiger partial charge >= 0.3 is 0 Å². The smallest absolute Gasteiger partial charge is 0.126 e. The maximum Gasteiger partial charge on any atom is 0.126 e. The lowest BCUT2D eigenvalue weighted by Gasteiger charge is -2.32. The second-order valence-corrected chi connectivity index (χ2v) is 7.91. The van der Waals surface area contributed by atoms with Gasteiger partial charge in [0.1, 0.15) is 5.82 Å². The van der Waals surface area contributed by atoms with Gasteiger partial charge in [0.25, 0.3) is 0 Å². The molecule has 0 amide bonds. The van der Waals surface area contributed by atoms with Crippen LogP contribution in [0.3, 0.4) is 0 Å². The minimum atomic E-state index is 0.844. The van der Waals surface area contributed by atoms with Crippen LogP contribution < -0.4 is 5.32 Å². The molecule has 3 aromatic rings. The van der Waals surface area contributed by atoms with Crippen molar-refractivity contribution in [2.75, 3.05) is 31.5 Å². The van der Waals surface area contributed by atoms with Crippen LogP contribution in [0.4, 0.5) is 5.82 Å². The summed E-state index contributed by atoms with van der Waals surface area (Å²) >= 11 is 0. The van der Waals surface area contributed by atoms with Crippen molar-refractivity contribution >= 4 is 16.7 Å². The van der Waals surface area contributed by atoms with E-state index in [1.807, 2.05) is 19.2 Å². The fourth-order valence-corrected chi connectivity index (χ4v) is 4.18. The highest BCUT2D eigenvalue weighted by Crippen LogP contribution is 2.22. The van der Waals surface area contributed by atoms with Gasteiger partial charge in [-0.05, 0) is 81.9 Å². The number of fused-ring (bicyclic) bond motifs is 1. The second-order valence-electron chi connectivity index (χ2n) is 7.91. The standard InChI is InChI=1S/C24H30N4/c1-19-22-8-9-24(27-23(22)10-14-25-19)26-13-5-15-28-16-11-21(12-17-28)18-20-6-3-2-4-7-20/h2-4,6-10,14,21H,5,11-13,15-18H2,1H3,(H,26,27). The topological polar surface area (TPSA) is 41.1 Å². The lowest BCUT2D eigenvalue weighted by molar-refractivity contribution is 0.183. The van der Waals surface area contributed by atoms with Gasteiger partial charge in [-0.1, -0.05) is 30.3 Å². The number of nitrogens with zero attached hydrogens (tertiary/aromatic N) is 3. The van der Waals surface area contributed by atoms with E-state index in [-0.39, 0.29) is 0 Å². The zero-order chi connectivity index (χ0) is 19.2. The van der Waals surface area contributed by atoms with Crippen molar-refractivity contribution in [3.8, 4) is 0 Å². The summed E-state index contributed by atoms with van der Waals surface area (Å²) in [5.74, 6) is 1.80. The first kappa shape index (κ1) is 18.9. The van der Waals surface area contributed by atoms with E-state index in [0.717, 1.165) is 41.3 Å². The summed E-state index contributed by atoms with van der Waals surface area (Å²) in [6.07, 6.45) is 6.86. The third kappa shape index (κ3) is 4.87. The Labute approximate surface area is 168 Å². The van der Waals surface area contributed by atoms with Crippen molar-refractivity contribution in [2.24, 2.45) is 5.92 Å². The Bertz CT molecular complexity index is 886. The van der Waals surface area contributed by atoms with Crippen molar-refractivity contribution in [3.05, 3.63) is 66.0 Å². The molecule has 0 spiro atoms. The largest absolute Gasteiger partial charge is 0.370 e. The van der Waals surface area contributed by atoms with Gasteiger partial charge in [0.05, 0.1) is 5.52 Å². The Morgan fingerprint density at radius 3 is 2.68 bits per heavy atom. The van der Waals surface area contributed by atoms with E-state index in [9.17, 15) is 0 Å². The van der Waals surface area contributed by atoms with Crippen molar-refractivity contribution in [2.45, 2.75) is 32.6 Å². The third-order valence-electron chi connectivity index (χ3n) is 5.85. The van der Waals surface area contributed by atoms with Gasteiger partial charge in [-0.3, -0.25) is 4.98 Å². The number of rotatable bonds is 7. The number of aromatic nitrogens is 2. The van der Waals surface area contributed by atoms with Gasteiger partial charge in [-0.15, -0.1) is 0 Å². The molecule has 146 valence electrons. The van der Waals surface area contributed by atoms with Crippen LogP contribution in [-0.4, -0.2) is 41.0 Å². The lowest BCUT2D eigenvalue weighted by Crippen LogP contribution is -2.35. The molecule has 4 heteroatoms. The van der Waals surface area contributed by atoms with Crippen LogP contribution in [0.1, 0.15) is 30.5 Å². The van der Waals surface area contributed by atoms with E-state index < -0.39 is 0 Å². The molecular weight excluding hydrogens is 344 g/mol. The fourth-order valence-electron chi connectivity index (χ4n) is 4.18. The number of hydrogen-bond donors (Lipinski definition) is 1. The van der Waals surface area contributed by atoms with Gasteiger partial charge in [0, 0.05) is 23.8 Å². The summed E-state index contributed by atoms with van der Waals surface area (Å²) < 4.78 is 0. The van der Waals surface area contributed by atoms with Crippen LogP contribution in [0.2, 0.25) is 0 Å². The number of hydrogen-bond acceptors (Lipinski definition) is 4. The number of nitrogens with one attached hydrogen (secondary N) is 1. The normalized spacial score (nSPS) is 15.8. The number of anilines is 1. The van der Waals surface area contributed by atoms with E-state index >= 15 is 0 Å². The molecule has 1 aliphatic rings. The van der Waals surface area contributed by atoms with Crippen LogP contribution >= 0.6 is 0 Å². The molecule has 1 N–H and O–H groups in total. The van der Waals surface area contributed by atoms with Gasteiger partial charge in [0.15, 0.2) is 0 Å². The molecule has 1 aliphatic heterocycles. The third-order valence-corrected chi connectivity index (χ3v) is 5.85. The monoisotopic (exact) mass is 374 g/mol. The highest BCUT2D eigenvalue weighted by atomic mass is 15.1. The van der Waals surface area contributed by atoms with Crippen LogP contribution in [-0.2, 0) is 6.42 Å². The molecule has 0 atom stereocenters. The summed E-state index contributed by atoms with van der Waals surface area (Å²) in [4.78, 5) is 11.6. The Balaban J connectivity index is 1.17. The molecule has 4 rings (SSSR count). The van der Waals surface area contributed by atoms with Crippen molar-refractivity contribution in [1.29, 1.82) is 0 Å². The maximum absolute atomic E-state index is 4.71. The maximum atomic E-state index is 4.71.